The summed E-state index contributed by atoms with van der Waals surface area (Å²) in [5, 5.41) is 2.08. The highest BCUT2D eigenvalue weighted by Crippen LogP contribution is 2.39. The Labute approximate surface area is 282 Å². The topological polar surface area (TPSA) is 54.0 Å². The lowest BCUT2D eigenvalue weighted by Crippen LogP contribution is -2.67. The Bertz CT molecular complexity index is 1370. The summed E-state index contributed by atoms with van der Waals surface area (Å²) in [6, 6.07) is 29.4. The van der Waals surface area contributed by atoms with Gasteiger partial charge in [-0.05, 0) is 60.8 Å². The molecule has 2 unspecified atom stereocenters. The molecular weight excluding hydrogens is 698 g/mol. The summed E-state index contributed by atoms with van der Waals surface area (Å²) in [6.45, 7) is 14.2. The van der Waals surface area contributed by atoms with Gasteiger partial charge in [0.15, 0.2) is 11.9 Å². The van der Waals surface area contributed by atoms with Crippen molar-refractivity contribution in [3.8, 4) is 0 Å². The van der Waals surface area contributed by atoms with Crippen molar-refractivity contribution >= 4 is 47.3 Å². The van der Waals surface area contributed by atoms with Crippen LogP contribution in [0.15, 0.2) is 103 Å². The molecule has 0 bridgehead atoms. The fourth-order valence-electron chi connectivity index (χ4n) is 6.05. The van der Waals surface area contributed by atoms with Gasteiger partial charge in [-0.15, -0.1) is 0 Å². The number of rotatable bonds is 12. The molecule has 0 spiro atoms. The molecule has 5 atom stereocenters. The van der Waals surface area contributed by atoms with Gasteiger partial charge in [-0.3, -0.25) is 0 Å². The van der Waals surface area contributed by atoms with E-state index in [9.17, 15) is 4.79 Å². The SMILES string of the molecule is C[C@H](/C=C(/F)C(OC(=O)c1ccccc1)C1OC(C)(C)O[C@H]1CCI)[C@H](C)O[Si](c1ccccc1)(c1ccccc1)C(C)(C)C. The molecule has 4 rings (SSSR count). The second-order valence-corrected chi connectivity index (χ2v) is 18.5. The standard InChI is InChI=1S/C37H46FIO5Si/c1-26(27(2)44-45(36(3,4)5,29-19-13-9-14-20-29)30-21-15-10-16-22-30)25-31(38)33(41-35(40)28-17-11-8-12-18-28)34-32(23-24-39)42-37(6,7)43-34/h8-22,25-27,32-34H,23-24H2,1-7H3/b31-25+/t26-,27+,32+,33?,34?/m1/s1. The largest absolute Gasteiger partial charge is 0.449 e. The molecule has 1 fully saturated rings. The molecule has 0 saturated carbocycles. The number of hydrogen-bond donors (Lipinski definition) is 0. The maximum absolute atomic E-state index is 16.6. The van der Waals surface area contributed by atoms with Gasteiger partial charge >= 0.3 is 5.97 Å². The minimum atomic E-state index is -2.87. The minimum Gasteiger partial charge on any atom is -0.449 e. The van der Waals surface area contributed by atoms with Crippen molar-refractivity contribution in [2.75, 3.05) is 4.43 Å². The summed E-state index contributed by atoms with van der Waals surface area (Å²) in [7, 11) is -2.87. The van der Waals surface area contributed by atoms with E-state index in [0.717, 1.165) is 14.8 Å². The van der Waals surface area contributed by atoms with Crippen molar-refractivity contribution in [2.24, 2.45) is 5.92 Å². The molecule has 8 heteroatoms. The zero-order valence-corrected chi connectivity index (χ0v) is 30.5. The molecule has 0 radical (unpaired) electrons. The van der Waals surface area contributed by atoms with Crippen LogP contribution in [0.3, 0.4) is 0 Å². The second kappa shape index (κ2) is 15.0. The van der Waals surface area contributed by atoms with Gasteiger partial charge in [-0.25, -0.2) is 9.18 Å². The third kappa shape index (κ3) is 8.32. The van der Waals surface area contributed by atoms with E-state index in [4.69, 9.17) is 18.6 Å². The molecule has 0 amide bonds. The van der Waals surface area contributed by atoms with Crippen LogP contribution in [0.2, 0.25) is 5.04 Å². The minimum absolute atomic E-state index is 0.229. The van der Waals surface area contributed by atoms with Crippen molar-refractivity contribution in [1.29, 1.82) is 0 Å². The van der Waals surface area contributed by atoms with Gasteiger partial charge in [-0.1, -0.05) is 129 Å². The van der Waals surface area contributed by atoms with E-state index in [-0.39, 0.29) is 17.1 Å². The normalized spacial score (nSPS) is 20.8. The van der Waals surface area contributed by atoms with Crippen molar-refractivity contribution in [1.82, 2.24) is 0 Å². The number of alkyl halides is 1. The monoisotopic (exact) mass is 744 g/mol. The maximum atomic E-state index is 16.6. The predicted molar refractivity (Wildman–Crippen MR) is 189 cm³/mol. The summed E-state index contributed by atoms with van der Waals surface area (Å²) < 4.78 is 42.9. The quantitative estimate of drug-likeness (QED) is 0.0815. The average Bonchev–Trinajstić information content (AvgIpc) is 3.32. The molecule has 45 heavy (non-hydrogen) atoms. The molecule has 1 heterocycles. The first-order valence-corrected chi connectivity index (χ1v) is 19.1. The summed E-state index contributed by atoms with van der Waals surface area (Å²) in [6.07, 6.45) is -0.736. The molecule has 3 aromatic rings. The first-order chi connectivity index (χ1) is 21.3. The van der Waals surface area contributed by atoms with Crippen LogP contribution >= 0.6 is 22.6 Å². The van der Waals surface area contributed by atoms with E-state index in [1.165, 1.54) is 6.08 Å². The molecule has 3 aromatic carbocycles. The number of carbonyl (C=O) groups is 1. The summed E-state index contributed by atoms with van der Waals surface area (Å²) in [5.41, 5.74) is 0.343. The van der Waals surface area contributed by atoms with Crippen molar-refractivity contribution in [3.63, 3.8) is 0 Å². The second-order valence-electron chi connectivity index (χ2n) is 13.2. The van der Waals surface area contributed by atoms with Crippen LogP contribution in [0, 0.1) is 5.92 Å². The fraction of sp³-hybridized carbons (Fsp3) is 0.432. The number of carbonyl (C=O) groups excluding carboxylic acids is 1. The number of hydrogen-bond acceptors (Lipinski definition) is 5. The van der Waals surface area contributed by atoms with Gasteiger partial charge in [0, 0.05) is 16.4 Å². The third-order valence-corrected chi connectivity index (χ3v) is 14.1. The number of halogens is 2. The van der Waals surface area contributed by atoms with E-state index in [2.05, 4.69) is 67.6 Å². The van der Waals surface area contributed by atoms with E-state index in [0.29, 0.717) is 12.0 Å². The Morgan fingerprint density at radius 1 is 0.933 bits per heavy atom. The zero-order valence-electron chi connectivity index (χ0n) is 27.3. The lowest BCUT2D eigenvalue weighted by Gasteiger charge is -2.45. The lowest BCUT2D eigenvalue weighted by molar-refractivity contribution is -0.154. The molecule has 0 aliphatic carbocycles. The molecule has 1 aliphatic rings. The molecule has 1 saturated heterocycles. The smallest absolute Gasteiger partial charge is 0.338 e. The highest BCUT2D eigenvalue weighted by Gasteiger charge is 2.52. The summed E-state index contributed by atoms with van der Waals surface area (Å²) in [5.74, 6) is -2.49. The van der Waals surface area contributed by atoms with E-state index in [1.54, 1.807) is 38.1 Å². The van der Waals surface area contributed by atoms with Gasteiger partial charge in [0.1, 0.15) is 11.9 Å². The van der Waals surface area contributed by atoms with Crippen LogP contribution in [-0.2, 0) is 18.6 Å². The number of esters is 1. The van der Waals surface area contributed by atoms with Crippen molar-refractivity contribution in [2.45, 2.75) is 90.1 Å². The van der Waals surface area contributed by atoms with Crippen LogP contribution < -0.4 is 10.4 Å². The summed E-state index contributed by atoms with van der Waals surface area (Å²) in [4.78, 5) is 13.2. The Morgan fingerprint density at radius 3 is 1.93 bits per heavy atom. The van der Waals surface area contributed by atoms with Gasteiger partial charge in [0.25, 0.3) is 8.32 Å². The van der Waals surface area contributed by atoms with Crippen LogP contribution in [0.1, 0.15) is 65.2 Å². The third-order valence-electron chi connectivity index (χ3n) is 8.37. The highest BCUT2D eigenvalue weighted by atomic mass is 127. The summed E-state index contributed by atoms with van der Waals surface area (Å²) >= 11 is 2.27. The molecule has 1 aliphatic heterocycles. The molecule has 0 N–H and O–H groups in total. The zero-order chi connectivity index (χ0) is 32.8. The van der Waals surface area contributed by atoms with E-state index in [1.807, 2.05) is 56.3 Å². The van der Waals surface area contributed by atoms with Crippen molar-refractivity contribution in [3.05, 3.63) is 108 Å². The Kier molecular flexibility index (Phi) is 11.8. The van der Waals surface area contributed by atoms with Crippen LogP contribution in [0.5, 0.6) is 0 Å². The lowest BCUT2D eigenvalue weighted by atomic mass is 10.00. The molecule has 5 nitrogen and oxygen atoms in total. The van der Waals surface area contributed by atoms with Crippen LogP contribution in [-0.4, -0.2) is 48.9 Å². The first kappa shape index (κ1) is 35.5. The fourth-order valence-corrected chi connectivity index (χ4v) is 11.4. The maximum Gasteiger partial charge on any atom is 0.338 e. The number of ether oxygens (including phenoxy) is 3. The van der Waals surface area contributed by atoms with Crippen molar-refractivity contribution < 1.29 is 27.8 Å². The van der Waals surface area contributed by atoms with Gasteiger partial charge in [0.05, 0.1) is 11.7 Å². The average molecular weight is 745 g/mol. The Balaban J connectivity index is 1.70. The molecule has 0 aromatic heterocycles. The first-order valence-electron chi connectivity index (χ1n) is 15.6. The number of benzene rings is 3. The van der Waals surface area contributed by atoms with E-state index >= 15 is 4.39 Å². The van der Waals surface area contributed by atoms with Gasteiger partial charge in [0.2, 0.25) is 0 Å². The highest BCUT2D eigenvalue weighted by molar-refractivity contribution is 14.1. The van der Waals surface area contributed by atoms with Gasteiger partial charge in [-0.2, -0.15) is 0 Å². The van der Waals surface area contributed by atoms with Crippen LogP contribution in [0.25, 0.3) is 0 Å². The molecule has 242 valence electrons. The van der Waals surface area contributed by atoms with Gasteiger partial charge < -0.3 is 18.6 Å². The Hall–Kier alpha value is -2.37. The molecular formula is C37H46FIO5Si. The van der Waals surface area contributed by atoms with E-state index < -0.39 is 44.2 Å². The predicted octanol–water partition coefficient (Wildman–Crippen LogP) is 8.01. The van der Waals surface area contributed by atoms with Crippen LogP contribution in [0.4, 0.5) is 4.39 Å². The Morgan fingerprint density at radius 2 is 1.44 bits per heavy atom.